The summed E-state index contributed by atoms with van der Waals surface area (Å²) in [5.41, 5.74) is 3.38. The van der Waals surface area contributed by atoms with Gasteiger partial charge >= 0.3 is 0 Å². The van der Waals surface area contributed by atoms with Crippen molar-refractivity contribution in [2.45, 2.75) is 45.6 Å². The largest absolute Gasteiger partial charge is 0.494 e. The minimum Gasteiger partial charge on any atom is -0.494 e. The number of hydrogen-bond acceptors (Lipinski definition) is 4. The summed E-state index contributed by atoms with van der Waals surface area (Å²) in [7, 11) is 0. The van der Waals surface area contributed by atoms with Gasteiger partial charge in [0.15, 0.2) is 0 Å². The van der Waals surface area contributed by atoms with Gasteiger partial charge in [-0.1, -0.05) is 54.1 Å². The summed E-state index contributed by atoms with van der Waals surface area (Å²) in [6.45, 7) is 4.93. The van der Waals surface area contributed by atoms with E-state index >= 15 is 0 Å². The molecule has 0 aliphatic rings. The summed E-state index contributed by atoms with van der Waals surface area (Å²) in [5.74, 6) is 0.701. The third kappa shape index (κ3) is 9.73. The van der Waals surface area contributed by atoms with E-state index in [1.807, 2.05) is 92.7 Å². The van der Waals surface area contributed by atoms with Crippen LogP contribution in [-0.4, -0.2) is 36.7 Å². The molecule has 0 saturated heterocycles. The Kier molecular flexibility index (Phi) is 11.2. The molecule has 7 heteroatoms. The minimum atomic E-state index is -0.205. The van der Waals surface area contributed by atoms with Crippen molar-refractivity contribution in [3.8, 4) is 5.75 Å². The van der Waals surface area contributed by atoms with Crippen LogP contribution in [0.3, 0.4) is 0 Å². The summed E-state index contributed by atoms with van der Waals surface area (Å²) in [5, 5.41) is 6.37. The molecule has 2 amide bonds. The molecule has 0 fully saturated rings. The molecule has 6 nitrogen and oxygen atoms in total. The van der Waals surface area contributed by atoms with Crippen molar-refractivity contribution in [2.24, 2.45) is 4.99 Å². The normalized spacial score (nSPS) is 12.0. The summed E-state index contributed by atoms with van der Waals surface area (Å²) < 4.78 is 5.98. The summed E-state index contributed by atoms with van der Waals surface area (Å²) in [6, 6.07) is 24.5. The number of para-hydroxylation sites is 1. The number of nitrogens with one attached hydrogen (secondary N) is 2. The van der Waals surface area contributed by atoms with Gasteiger partial charge in [-0.05, 0) is 63.1 Å². The quantitative estimate of drug-likeness (QED) is 0.206. The van der Waals surface area contributed by atoms with Crippen LogP contribution in [0.5, 0.6) is 5.75 Å². The Hall–Kier alpha value is -3.64. The second kappa shape index (κ2) is 14.8. The molecule has 3 rings (SSSR count). The minimum absolute atomic E-state index is 0.00115. The van der Waals surface area contributed by atoms with E-state index in [0.717, 1.165) is 41.1 Å². The Morgan fingerprint density at radius 3 is 2.41 bits per heavy atom. The lowest BCUT2D eigenvalue weighted by molar-refractivity contribution is -0.121. The fourth-order valence-corrected chi connectivity index (χ4v) is 3.91. The van der Waals surface area contributed by atoms with Gasteiger partial charge in [-0.15, -0.1) is 0 Å². The second-order valence-corrected chi connectivity index (χ2v) is 9.18. The Morgan fingerprint density at radius 2 is 1.68 bits per heavy atom. The van der Waals surface area contributed by atoms with Gasteiger partial charge in [0.05, 0.1) is 18.4 Å². The number of aliphatic imine (C=N–C) groups is 1. The van der Waals surface area contributed by atoms with Crippen LogP contribution in [0.15, 0.2) is 83.9 Å². The molecule has 0 aromatic heterocycles. The Labute approximate surface area is 224 Å². The molecule has 0 spiro atoms. The zero-order valence-corrected chi connectivity index (χ0v) is 22.1. The van der Waals surface area contributed by atoms with Crippen molar-refractivity contribution in [1.29, 1.82) is 0 Å². The fourth-order valence-electron chi connectivity index (χ4n) is 3.78. The molecule has 3 aromatic rings. The van der Waals surface area contributed by atoms with Gasteiger partial charge in [0, 0.05) is 41.2 Å². The number of unbranched alkanes of at least 4 members (excludes halogenated alkanes) is 1. The maximum Gasteiger partial charge on any atom is 0.224 e. The van der Waals surface area contributed by atoms with E-state index < -0.39 is 0 Å². The van der Waals surface area contributed by atoms with E-state index in [2.05, 4.69) is 10.6 Å². The lowest BCUT2D eigenvalue weighted by Gasteiger charge is -2.14. The molecule has 3 aromatic carbocycles. The molecular weight excluding hydrogens is 486 g/mol. The number of rotatable bonds is 13. The first-order valence-corrected chi connectivity index (χ1v) is 13.0. The lowest BCUT2D eigenvalue weighted by atomic mass is 10.0. The van der Waals surface area contributed by atoms with E-state index in [0.29, 0.717) is 31.0 Å². The maximum atomic E-state index is 12.1. The number of nitrogens with zero attached hydrogens (tertiary/aromatic N) is 1. The van der Waals surface area contributed by atoms with Crippen LogP contribution < -0.4 is 15.4 Å². The van der Waals surface area contributed by atoms with Crippen molar-refractivity contribution in [3.63, 3.8) is 0 Å². The molecule has 194 valence electrons. The number of halogens is 1. The molecule has 0 unspecified atom stereocenters. The predicted octanol–water partition coefficient (Wildman–Crippen LogP) is 6.28. The number of carbonyl (C=O) groups is 2. The highest BCUT2D eigenvalue weighted by Gasteiger charge is 2.13. The fraction of sp³-hybridized carbons (Fsp3) is 0.300. The first-order chi connectivity index (χ1) is 17.9. The van der Waals surface area contributed by atoms with Gasteiger partial charge < -0.3 is 15.4 Å². The van der Waals surface area contributed by atoms with Crippen LogP contribution >= 0.6 is 11.6 Å². The van der Waals surface area contributed by atoms with Crippen molar-refractivity contribution < 1.29 is 14.3 Å². The molecule has 0 aliphatic carbocycles. The highest BCUT2D eigenvalue weighted by molar-refractivity contribution is 6.30. The van der Waals surface area contributed by atoms with Crippen LogP contribution in [0.1, 0.15) is 50.7 Å². The first-order valence-electron chi connectivity index (χ1n) is 12.6. The number of hydrogen-bond donors (Lipinski definition) is 2. The van der Waals surface area contributed by atoms with Gasteiger partial charge in [0.25, 0.3) is 0 Å². The Balaban J connectivity index is 1.61. The zero-order valence-electron chi connectivity index (χ0n) is 21.4. The van der Waals surface area contributed by atoms with Gasteiger partial charge in [-0.25, -0.2) is 0 Å². The van der Waals surface area contributed by atoms with Crippen LogP contribution in [0.4, 0.5) is 5.69 Å². The number of anilines is 1. The smallest absolute Gasteiger partial charge is 0.224 e. The molecule has 0 aliphatic heterocycles. The Morgan fingerprint density at radius 1 is 0.919 bits per heavy atom. The molecule has 0 saturated carbocycles. The van der Waals surface area contributed by atoms with Crippen molar-refractivity contribution in [1.82, 2.24) is 5.32 Å². The van der Waals surface area contributed by atoms with E-state index in [1.54, 1.807) is 0 Å². The van der Waals surface area contributed by atoms with E-state index in [9.17, 15) is 9.59 Å². The number of ether oxygens (including phenoxy) is 1. The molecule has 2 N–H and O–H groups in total. The van der Waals surface area contributed by atoms with Crippen LogP contribution in [0.2, 0.25) is 5.02 Å². The van der Waals surface area contributed by atoms with Gasteiger partial charge in [-0.2, -0.15) is 0 Å². The predicted molar refractivity (Wildman–Crippen MR) is 151 cm³/mol. The van der Waals surface area contributed by atoms with E-state index in [4.69, 9.17) is 21.3 Å². The molecule has 37 heavy (non-hydrogen) atoms. The number of benzene rings is 3. The zero-order chi connectivity index (χ0) is 26.5. The van der Waals surface area contributed by atoms with E-state index in [-0.39, 0.29) is 17.9 Å². The van der Waals surface area contributed by atoms with Crippen molar-refractivity contribution in [3.05, 3.63) is 95.0 Å². The maximum absolute atomic E-state index is 12.1. The Bertz CT molecular complexity index is 1180. The highest BCUT2D eigenvalue weighted by Crippen LogP contribution is 2.21. The van der Waals surface area contributed by atoms with Crippen molar-refractivity contribution >= 4 is 34.8 Å². The summed E-state index contributed by atoms with van der Waals surface area (Å²) in [6.07, 6.45) is 2.23. The summed E-state index contributed by atoms with van der Waals surface area (Å²) in [4.78, 5) is 29.1. The second-order valence-electron chi connectivity index (χ2n) is 8.74. The van der Waals surface area contributed by atoms with E-state index in [1.165, 1.54) is 0 Å². The SMILES string of the molecule is CCNC(=O)C[C@@H](C)/N=C(/c1ccc(Cl)cc1)c1cccc(OCCCCC(=O)Nc2ccccc2)c1. The van der Waals surface area contributed by atoms with Crippen LogP contribution in [0, 0.1) is 0 Å². The summed E-state index contributed by atoms with van der Waals surface area (Å²) >= 11 is 6.10. The average molecular weight is 520 g/mol. The third-order valence-corrected chi connectivity index (χ3v) is 5.81. The third-order valence-electron chi connectivity index (χ3n) is 5.55. The van der Waals surface area contributed by atoms with Crippen LogP contribution in [-0.2, 0) is 9.59 Å². The van der Waals surface area contributed by atoms with Gasteiger partial charge in [0.2, 0.25) is 11.8 Å². The van der Waals surface area contributed by atoms with Gasteiger partial charge in [-0.3, -0.25) is 14.6 Å². The number of amides is 2. The lowest BCUT2D eigenvalue weighted by Crippen LogP contribution is -2.26. The topological polar surface area (TPSA) is 79.8 Å². The molecule has 0 radical (unpaired) electrons. The molecule has 0 heterocycles. The highest BCUT2D eigenvalue weighted by atomic mass is 35.5. The molecule has 0 bridgehead atoms. The molecular formula is C30H34ClN3O3. The van der Waals surface area contributed by atoms with Crippen molar-refractivity contribution in [2.75, 3.05) is 18.5 Å². The van der Waals surface area contributed by atoms with Gasteiger partial charge in [0.1, 0.15) is 5.75 Å². The number of carbonyl (C=O) groups excluding carboxylic acids is 2. The average Bonchev–Trinajstić information content (AvgIpc) is 2.88. The van der Waals surface area contributed by atoms with Crippen LogP contribution in [0.25, 0.3) is 0 Å². The molecule has 1 atom stereocenters. The first kappa shape index (κ1) is 27.9. The monoisotopic (exact) mass is 519 g/mol. The standard InChI is InChI=1S/C30H34ClN3O3/c1-3-32-29(36)20-22(2)33-30(23-15-17-25(31)18-16-23)24-10-9-13-27(21-24)37-19-8-7-14-28(35)34-26-11-5-4-6-12-26/h4-6,9-13,15-18,21-22H,3,7-8,14,19-20H2,1-2H3,(H,32,36)(H,34,35)/b33-30-/t22-/m1/s1.